The number of carbonyl (C=O) groups excluding carboxylic acids is 2. The maximum atomic E-state index is 12.2. The Bertz CT molecular complexity index is 503. The average Bonchev–Trinajstić information content (AvgIpc) is 2.23. The van der Waals surface area contributed by atoms with Gasteiger partial charge in [0.05, 0.1) is 0 Å². The summed E-state index contributed by atoms with van der Waals surface area (Å²) in [6, 6.07) is 5.21. The third-order valence-corrected chi connectivity index (χ3v) is 2.58. The Morgan fingerprint density at radius 1 is 0.762 bits per heavy atom. The van der Waals surface area contributed by atoms with Crippen LogP contribution >= 0.6 is 0 Å². The second-order valence-corrected chi connectivity index (χ2v) is 7.50. The summed E-state index contributed by atoms with van der Waals surface area (Å²) in [5, 5.41) is 5.81. The SMILES string of the molecule is Cc1cc(C(=O)NC(C)(C)C)cc(C(=O)NC(C)(C)C)c1. The van der Waals surface area contributed by atoms with Crippen molar-refractivity contribution in [3.8, 4) is 0 Å². The number of rotatable bonds is 2. The van der Waals surface area contributed by atoms with Gasteiger partial charge < -0.3 is 10.6 Å². The first-order valence-electron chi connectivity index (χ1n) is 7.14. The lowest BCUT2D eigenvalue weighted by molar-refractivity contribution is 0.0918. The van der Waals surface area contributed by atoms with E-state index in [0.29, 0.717) is 11.1 Å². The van der Waals surface area contributed by atoms with Crippen LogP contribution < -0.4 is 10.6 Å². The highest BCUT2D eigenvalue weighted by Gasteiger charge is 2.19. The van der Waals surface area contributed by atoms with Gasteiger partial charge in [-0.05, 0) is 72.2 Å². The molecule has 0 unspecified atom stereocenters. The Hall–Kier alpha value is -1.84. The van der Waals surface area contributed by atoms with Crippen molar-refractivity contribution in [1.82, 2.24) is 10.6 Å². The normalized spacial score (nSPS) is 12.0. The van der Waals surface area contributed by atoms with Gasteiger partial charge in [-0.15, -0.1) is 0 Å². The standard InChI is InChI=1S/C17H26N2O2/c1-11-8-12(14(20)18-16(2,3)4)10-13(9-11)15(21)19-17(5,6)7/h8-10H,1-7H3,(H,18,20)(H,19,21). The van der Waals surface area contributed by atoms with Crippen LogP contribution in [0.3, 0.4) is 0 Å². The van der Waals surface area contributed by atoms with Crippen molar-refractivity contribution in [1.29, 1.82) is 0 Å². The zero-order valence-corrected chi connectivity index (χ0v) is 14.0. The molecule has 0 radical (unpaired) electrons. The van der Waals surface area contributed by atoms with Gasteiger partial charge in [0.1, 0.15) is 0 Å². The van der Waals surface area contributed by atoms with Gasteiger partial charge in [0.25, 0.3) is 11.8 Å². The summed E-state index contributed by atoms with van der Waals surface area (Å²) in [4.78, 5) is 24.5. The Balaban J connectivity index is 3.05. The predicted octanol–water partition coefficient (Wildman–Crippen LogP) is 3.05. The first kappa shape index (κ1) is 17.2. The van der Waals surface area contributed by atoms with E-state index in [0.717, 1.165) is 5.56 Å². The molecule has 116 valence electrons. The Morgan fingerprint density at radius 2 is 1.10 bits per heavy atom. The van der Waals surface area contributed by atoms with Gasteiger partial charge in [-0.3, -0.25) is 9.59 Å². The molecule has 2 N–H and O–H groups in total. The number of hydrogen-bond donors (Lipinski definition) is 2. The van der Waals surface area contributed by atoms with Crippen LogP contribution in [0.5, 0.6) is 0 Å². The highest BCUT2D eigenvalue weighted by Crippen LogP contribution is 2.13. The molecule has 1 rings (SSSR count). The fraction of sp³-hybridized carbons (Fsp3) is 0.529. The van der Waals surface area contributed by atoms with Crippen LogP contribution in [0, 0.1) is 6.92 Å². The highest BCUT2D eigenvalue weighted by atomic mass is 16.2. The van der Waals surface area contributed by atoms with Crippen LogP contribution in [0.4, 0.5) is 0 Å². The van der Waals surface area contributed by atoms with E-state index < -0.39 is 0 Å². The molecule has 0 fully saturated rings. The molecule has 0 aliphatic carbocycles. The van der Waals surface area contributed by atoms with E-state index in [2.05, 4.69) is 10.6 Å². The molecule has 0 saturated heterocycles. The number of benzene rings is 1. The number of amides is 2. The van der Waals surface area contributed by atoms with E-state index in [1.165, 1.54) is 0 Å². The summed E-state index contributed by atoms with van der Waals surface area (Å²) in [7, 11) is 0. The van der Waals surface area contributed by atoms with E-state index in [1.807, 2.05) is 48.5 Å². The molecule has 0 aliphatic rings. The fourth-order valence-corrected chi connectivity index (χ4v) is 1.87. The fourth-order valence-electron chi connectivity index (χ4n) is 1.87. The van der Waals surface area contributed by atoms with Crippen molar-refractivity contribution in [2.75, 3.05) is 0 Å². The van der Waals surface area contributed by atoms with Crippen LogP contribution in [-0.2, 0) is 0 Å². The molecule has 1 aromatic rings. The lowest BCUT2D eigenvalue weighted by Gasteiger charge is -2.22. The predicted molar refractivity (Wildman–Crippen MR) is 85.6 cm³/mol. The molecule has 4 heteroatoms. The Labute approximate surface area is 127 Å². The molecule has 0 heterocycles. The van der Waals surface area contributed by atoms with Crippen molar-refractivity contribution >= 4 is 11.8 Å². The molecule has 0 saturated carbocycles. The van der Waals surface area contributed by atoms with Gasteiger partial charge in [0.2, 0.25) is 0 Å². The third kappa shape index (κ3) is 5.98. The van der Waals surface area contributed by atoms with Crippen molar-refractivity contribution in [2.45, 2.75) is 59.5 Å². The summed E-state index contributed by atoms with van der Waals surface area (Å²) in [5.41, 5.74) is 1.27. The Kier molecular flexibility index (Phi) is 4.82. The first-order valence-corrected chi connectivity index (χ1v) is 7.14. The summed E-state index contributed by atoms with van der Waals surface area (Å²) in [6.45, 7) is 13.4. The molecule has 4 nitrogen and oxygen atoms in total. The zero-order valence-electron chi connectivity index (χ0n) is 14.0. The molecule has 1 aromatic carbocycles. The summed E-state index contributed by atoms with van der Waals surface area (Å²) < 4.78 is 0. The summed E-state index contributed by atoms with van der Waals surface area (Å²) >= 11 is 0. The minimum absolute atomic E-state index is 0.170. The van der Waals surface area contributed by atoms with E-state index in [-0.39, 0.29) is 22.9 Å². The zero-order chi connectivity index (χ0) is 16.4. The molecule has 0 bridgehead atoms. The lowest BCUT2D eigenvalue weighted by atomic mass is 10.0. The molecular formula is C17H26N2O2. The van der Waals surface area contributed by atoms with E-state index >= 15 is 0 Å². The van der Waals surface area contributed by atoms with Gasteiger partial charge >= 0.3 is 0 Å². The largest absolute Gasteiger partial charge is 0.347 e. The van der Waals surface area contributed by atoms with Crippen LogP contribution in [-0.4, -0.2) is 22.9 Å². The summed E-state index contributed by atoms with van der Waals surface area (Å²) in [6.07, 6.45) is 0. The van der Waals surface area contributed by atoms with E-state index in [9.17, 15) is 9.59 Å². The second kappa shape index (κ2) is 5.88. The van der Waals surface area contributed by atoms with Crippen LogP contribution in [0.1, 0.15) is 67.8 Å². The smallest absolute Gasteiger partial charge is 0.251 e. The molecule has 2 amide bonds. The van der Waals surface area contributed by atoms with Crippen LogP contribution in [0.2, 0.25) is 0 Å². The summed E-state index contributed by atoms with van der Waals surface area (Å²) in [5.74, 6) is -0.341. The van der Waals surface area contributed by atoms with Crippen molar-refractivity contribution in [3.63, 3.8) is 0 Å². The minimum atomic E-state index is -0.311. The first-order chi connectivity index (χ1) is 9.37. The van der Waals surface area contributed by atoms with E-state index in [4.69, 9.17) is 0 Å². The number of hydrogen-bond acceptors (Lipinski definition) is 2. The molecule has 21 heavy (non-hydrogen) atoms. The molecule has 0 atom stereocenters. The third-order valence-electron chi connectivity index (χ3n) is 2.58. The maximum absolute atomic E-state index is 12.2. The van der Waals surface area contributed by atoms with Crippen LogP contribution in [0.25, 0.3) is 0 Å². The molecule has 0 aliphatic heterocycles. The van der Waals surface area contributed by atoms with Crippen molar-refractivity contribution in [2.24, 2.45) is 0 Å². The number of carbonyl (C=O) groups is 2. The van der Waals surface area contributed by atoms with Gasteiger partial charge in [-0.1, -0.05) is 0 Å². The van der Waals surface area contributed by atoms with Crippen molar-refractivity contribution in [3.05, 3.63) is 34.9 Å². The maximum Gasteiger partial charge on any atom is 0.251 e. The minimum Gasteiger partial charge on any atom is -0.347 e. The topological polar surface area (TPSA) is 58.2 Å². The van der Waals surface area contributed by atoms with Gasteiger partial charge in [-0.2, -0.15) is 0 Å². The van der Waals surface area contributed by atoms with Gasteiger partial charge in [0.15, 0.2) is 0 Å². The lowest BCUT2D eigenvalue weighted by Crippen LogP contribution is -2.41. The van der Waals surface area contributed by atoms with Gasteiger partial charge in [-0.25, -0.2) is 0 Å². The average molecular weight is 290 g/mol. The van der Waals surface area contributed by atoms with Crippen LogP contribution in [0.15, 0.2) is 18.2 Å². The Morgan fingerprint density at radius 3 is 1.38 bits per heavy atom. The number of nitrogens with one attached hydrogen (secondary N) is 2. The molecule has 0 aromatic heterocycles. The highest BCUT2D eigenvalue weighted by molar-refractivity contribution is 6.00. The number of aryl methyl sites for hydroxylation is 1. The molecular weight excluding hydrogens is 264 g/mol. The monoisotopic (exact) mass is 290 g/mol. The van der Waals surface area contributed by atoms with E-state index in [1.54, 1.807) is 18.2 Å². The second-order valence-electron chi connectivity index (χ2n) is 7.50. The van der Waals surface area contributed by atoms with Crippen molar-refractivity contribution < 1.29 is 9.59 Å². The quantitative estimate of drug-likeness (QED) is 0.879. The van der Waals surface area contributed by atoms with Gasteiger partial charge in [0, 0.05) is 22.2 Å². The molecule has 0 spiro atoms.